The number of fused-ring (bicyclic) bond motifs is 1. The van der Waals surface area contributed by atoms with Crippen molar-refractivity contribution in [2.75, 3.05) is 11.8 Å². The average molecular weight is 401 g/mol. The molecule has 4 rings (SSSR count). The number of ether oxygens (including phenoxy) is 1. The van der Waals surface area contributed by atoms with Crippen LogP contribution in [-0.2, 0) is 21.4 Å². The molecule has 0 bridgehead atoms. The van der Waals surface area contributed by atoms with Crippen LogP contribution < -0.4 is 10.0 Å². The van der Waals surface area contributed by atoms with Gasteiger partial charge in [-0.2, -0.15) is 0 Å². The summed E-state index contributed by atoms with van der Waals surface area (Å²) in [6.07, 6.45) is 1.92. The van der Waals surface area contributed by atoms with Gasteiger partial charge in [0.1, 0.15) is 12.1 Å². The van der Waals surface area contributed by atoms with E-state index in [1.54, 1.807) is 30.3 Å². The Morgan fingerprint density at radius 3 is 2.82 bits per heavy atom. The van der Waals surface area contributed by atoms with Gasteiger partial charge in [-0.05, 0) is 49.2 Å². The summed E-state index contributed by atoms with van der Waals surface area (Å²) in [6.45, 7) is 0.228. The van der Waals surface area contributed by atoms with Crippen molar-refractivity contribution >= 4 is 32.7 Å². The number of rotatable bonds is 7. The molecule has 3 aromatic rings. The highest BCUT2D eigenvalue weighted by Gasteiger charge is 2.24. The Kier molecular flexibility index (Phi) is 4.78. The number of oxazole rings is 1. The van der Waals surface area contributed by atoms with Gasteiger partial charge in [-0.1, -0.05) is 6.07 Å². The summed E-state index contributed by atoms with van der Waals surface area (Å²) >= 11 is 0. The highest BCUT2D eigenvalue weighted by molar-refractivity contribution is 7.92. The van der Waals surface area contributed by atoms with Crippen molar-refractivity contribution in [3.63, 3.8) is 0 Å². The third kappa shape index (κ3) is 4.00. The van der Waals surface area contributed by atoms with Gasteiger partial charge in [-0.3, -0.25) is 9.52 Å². The normalized spacial score (nSPS) is 14.2. The van der Waals surface area contributed by atoms with Crippen molar-refractivity contribution in [3.05, 3.63) is 53.9 Å². The minimum atomic E-state index is -3.87. The molecule has 1 aliphatic carbocycles. The highest BCUT2D eigenvalue weighted by Crippen LogP contribution is 2.24. The molecular formula is C19H19N3O5S. The zero-order valence-corrected chi connectivity index (χ0v) is 16.0. The van der Waals surface area contributed by atoms with Crippen molar-refractivity contribution in [3.8, 4) is 0 Å². The topological polar surface area (TPSA) is 111 Å². The van der Waals surface area contributed by atoms with Gasteiger partial charge in [-0.25, -0.2) is 13.4 Å². The molecule has 28 heavy (non-hydrogen) atoms. The van der Waals surface area contributed by atoms with Gasteiger partial charge in [0.25, 0.3) is 15.9 Å². The van der Waals surface area contributed by atoms with Crippen LogP contribution in [0.1, 0.15) is 29.1 Å². The third-order valence-corrected chi connectivity index (χ3v) is 5.65. The van der Waals surface area contributed by atoms with Gasteiger partial charge in [0, 0.05) is 18.7 Å². The molecule has 8 nitrogen and oxygen atoms in total. The van der Waals surface area contributed by atoms with Crippen molar-refractivity contribution < 1.29 is 22.4 Å². The number of hydrogen-bond acceptors (Lipinski definition) is 6. The van der Waals surface area contributed by atoms with Crippen molar-refractivity contribution in [1.82, 2.24) is 10.3 Å². The molecule has 146 valence electrons. The number of carbonyl (C=O) groups excluding carboxylic acids is 1. The predicted molar refractivity (Wildman–Crippen MR) is 102 cm³/mol. The summed E-state index contributed by atoms with van der Waals surface area (Å²) in [6, 6.07) is 11.0. The second kappa shape index (κ2) is 7.25. The number of nitrogens with zero attached hydrogens (tertiary/aromatic N) is 1. The van der Waals surface area contributed by atoms with Gasteiger partial charge in [0.15, 0.2) is 5.58 Å². The molecule has 0 spiro atoms. The Hall–Kier alpha value is -2.91. The van der Waals surface area contributed by atoms with E-state index in [2.05, 4.69) is 15.0 Å². The molecule has 9 heteroatoms. The number of benzene rings is 2. The fourth-order valence-electron chi connectivity index (χ4n) is 2.74. The number of sulfonamides is 1. The van der Waals surface area contributed by atoms with E-state index in [0.29, 0.717) is 28.2 Å². The van der Waals surface area contributed by atoms with Crippen LogP contribution in [0.25, 0.3) is 11.1 Å². The molecule has 0 aliphatic heterocycles. The first-order valence-corrected chi connectivity index (χ1v) is 10.2. The fourth-order valence-corrected chi connectivity index (χ4v) is 3.83. The molecule has 1 aromatic heterocycles. The molecule has 1 amide bonds. The van der Waals surface area contributed by atoms with Crippen molar-refractivity contribution in [2.24, 2.45) is 0 Å². The summed E-state index contributed by atoms with van der Waals surface area (Å²) in [7, 11) is -2.33. The van der Waals surface area contributed by atoms with Crippen LogP contribution in [0, 0.1) is 0 Å². The molecule has 0 atom stereocenters. The number of amides is 1. The third-order valence-electron chi connectivity index (χ3n) is 4.27. The standard InChI is InChI=1S/C19H19N3O5S/c1-26-11-18-21-16-10-14(7-8-17(16)27-18)22-28(24,25)15-4-2-3-12(9-15)19(23)20-13-5-6-13/h2-4,7-10,13,22H,5-6,11H2,1H3,(H,20,23). The Balaban J connectivity index is 1.56. The largest absolute Gasteiger partial charge is 0.438 e. The van der Waals surface area contributed by atoms with Crippen LogP contribution in [0.4, 0.5) is 5.69 Å². The van der Waals surface area contributed by atoms with Gasteiger partial charge < -0.3 is 14.5 Å². The first-order valence-electron chi connectivity index (χ1n) is 8.77. The van der Waals surface area contributed by atoms with E-state index in [1.807, 2.05) is 0 Å². The second-order valence-corrected chi connectivity index (χ2v) is 8.29. The monoisotopic (exact) mass is 401 g/mol. The number of anilines is 1. The van der Waals surface area contributed by atoms with E-state index < -0.39 is 10.0 Å². The summed E-state index contributed by atoms with van der Waals surface area (Å²) < 4.78 is 38.5. The molecular weight excluding hydrogens is 382 g/mol. The van der Waals surface area contributed by atoms with E-state index >= 15 is 0 Å². The van der Waals surface area contributed by atoms with Crippen LogP contribution in [0.2, 0.25) is 0 Å². The predicted octanol–water partition coefficient (Wildman–Crippen LogP) is 2.67. The van der Waals surface area contributed by atoms with Crippen LogP contribution in [0.3, 0.4) is 0 Å². The molecule has 1 saturated carbocycles. The summed E-state index contributed by atoms with van der Waals surface area (Å²) in [5.41, 5.74) is 1.71. The van der Waals surface area contributed by atoms with Crippen molar-refractivity contribution in [2.45, 2.75) is 30.4 Å². The van der Waals surface area contributed by atoms with E-state index in [0.717, 1.165) is 12.8 Å². The molecule has 1 aliphatic rings. The molecule has 2 N–H and O–H groups in total. The lowest BCUT2D eigenvalue weighted by molar-refractivity contribution is 0.0951. The number of methoxy groups -OCH3 is 1. The molecule has 0 saturated heterocycles. The number of carbonyl (C=O) groups is 1. The first kappa shape index (κ1) is 18.5. The van der Waals surface area contributed by atoms with E-state index in [9.17, 15) is 13.2 Å². The van der Waals surface area contributed by atoms with Crippen LogP contribution >= 0.6 is 0 Å². The number of nitrogens with one attached hydrogen (secondary N) is 2. The van der Waals surface area contributed by atoms with Crippen LogP contribution in [0.15, 0.2) is 51.8 Å². The van der Waals surface area contributed by atoms with Gasteiger partial charge in [0.05, 0.1) is 10.6 Å². The fraction of sp³-hybridized carbons (Fsp3) is 0.263. The van der Waals surface area contributed by atoms with Gasteiger partial charge in [0.2, 0.25) is 5.89 Å². The summed E-state index contributed by atoms with van der Waals surface area (Å²) in [4.78, 5) is 16.4. The quantitative estimate of drug-likeness (QED) is 0.630. The lowest BCUT2D eigenvalue weighted by Gasteiger charge is -2.09. The average Bonchev–Trinajstić information content (AvgIpc) is 3.39. The molecule has 2 aromatic carbocycles. The molecule has 0 radical (unpaired) electrons. The maximum atomic E-state index is 12.7. The Morgan fingerprint density at radius 1 is 1.25 bits per heavy atom. The van der Waals surface area contributed by atoms with E-state index in [1.165, 1.54) is 19.2 Å². The Bertz CT molecular complexity index is 1140. The van der Waals surface area contributed by atoms with Crippen LogP contribution in [0.5, 0.6) is 0 Å². The maximum absolute atomic E-state index is 12.7. The van der Waals surface area contributed by atoms with E-state index in [4.69, 9.17) is 9.15 Å². The zero-order chi connectivity index (χ0) is 19.7. The highest BCUT2D eigenvalue weighted by atomic mass is 32.2. The van der Waals surface area contributed by atoms with Gasteiger partial charge >= 0.3 is 0 Å². The smallest absolute Gasteiger partial charge is 0.261 e. The number of hydrogen-bond donors (Lipinski definition) is 2. The first-order chi connectivity index (χ1) is 13.4. The van der Waals surface area contributed by atoms with Crippen molar-refractivity contribution in [1.29, 1.82) is 0 Å². The minimum Gasteiger partial charge on any atom is -0.438 e. The number of aromatic nitrogens is 1. The summed E-state index contributed by atoms with van der Waals surface area (Å²) in [5, 5.41) is 2.85. The summed E-state index contributed by atoms with van der Waals surface area (Å²) in [5.74, 6) is 0.140. The molecule has 0 unspecified atom stereocenters. The maximum Gasteiger partial charge on any atom is 0.261 e. The Labute approximate surface area is 162 Å². The zero-order valence-electron chi connectivity index (χ0n) is 15.1. The second-order valence-electron chi connectivity index (χ2n) is 6.60. The molecule has 1 heterocycles. The lowest BCUT2D eigenvalue weighted by atomic mass is 10.2. The van der Waals surface area contributed by atoms with Crippen LogP contribution in [-0.4, -0.2) is 32.5 Å². The SMILES string of the molecule is COCc1nc2cc(NS(=O)(=O)c3cccc(C(=O)NC4CC4)c3)ccc2o1. The van der Waals surface area contributed by atoms with E-state index in [-0.39, 0.29) is 23.5 Å². The Morgan fingerprint density at radius 2 is 2.07 bits per heavy atom. The lowest BCUT2D eigenvalue weighted by Crippen LogP contribution is -2.25. The van der Waals surface area contributed by atoms with Gasteiger partial charge in [-0.15, -0.1) is 0 Å². The molecule has 1 fully saturated rings. The minimum absolute atomic E-state index is 0.0104.